The number of rotatable bonds is 1. The maximum atomic E-state index is 12.5. The highest BCUT2D eigenvalue weighted by Gasteiger charge is 2.37. The largest absolute Gasteiger partial charge is 0.326 e. The summed E-state index contributed by atoms with van der Waals surface area (Å²) in [6.45, 7) is 0. The van der Waals surface area contributed by atoms with E-state index < -0.39 is 6.04 Å². The monoisotopic (exact) mass is 335 g/mol. The Bertz CT molecular complexity index is 813. The summed E-state index contributed by atoms with van der Waals surface area (Å²) >= 11 is 12.5. The number of halogens is 2. The molecule has 1 unspecified atom stereocenters. The molecule has 1 aliphatic carbocycles. The van der Waals surface area contributed by atoms with Gasteiger partial charge in [0.15, 0.2) is 5.78 Å². The van der Waals surface area contributed by atoms with E-state index in [9.17, 15) is 4.79 Å². The number of aromatic nitrogens is 4. The third kappa shape index (κ3) is 1.94. The van der Waals surface area contributed by atoms with Gasteiger partial charge in [0.05, 0.1) is 10.0 Å². The van der Waals surface area contributed by atoms with Crippen LogP contribution in [-0.2, 0) is 4.79 Å². The van der Waals surface area contributed by atoms with Gasteiger partial charge in [0.25, 0.3) is 0 Å². The van der Waals surface area contributed by atoms with Crippen LogP contribution in [-0.4, -0.2) is 26.0 Å². The van der Waals surface area contributed by atoms with Gasteiger partial charge in [-0.25, -0.2) is 0 Å². The Labute approximate surface area is 136 Å². The Hall–Kier alpha value is -1.92. The number of nitrogens with zero attached hydrogens (tertiary/aromatic N) is 4. The minimum absolute atomic E-state index is 0.0935. The van der Waals surface area contributed by atoms with Crippen molar-refractivity contribution in [3.8, 4) is 0 Å². The molecule has 0 radical (unpaired) electrons. The first-order valence-corrected chi connectivity index (χ1v) is 7.67. The first-order valence-electron chi connectivity index (χ1n) is 6.92. The molecule has 8 heteroatoms. The second-order valence-electron chi connectivity index (χ2n) is 5.29. The SMILES string of the molecule is O=C1CCCC2=C1C(c1cccc(Cl)c1Cl)n1nnnc1N2. The maximum Gasteiger partial charge on any atom is 0.248 e. The van der Waals surface area contributed by atoms with E-state index in [0.717, 1.165) is 24.1 Å². The van der Waals surface area contributed by atoms with Crippen molar-refractivity contribution >= 4 is 34.9 Å². The molecular formula is C14H11Cl2N5O. The summed E-state index contributed by atoms with van der Waals surface area (Å²) in [5.74, 6) is 0.602. The molecule has 2 aliphatic rings. The third-order valence-electron chi connectivity index (χ3n) is 4.01. The highest BCUT2D eigenvalue weighted by molar-refractivity contribution is 6.42. The molecular weight excluding hydrogens is 325 g/mol. The number of carbonyl (C=O) groups is 1. The Morgan fingerprint density at radius 1 is 1.27 bits per heavy atom. The van der Waals surface area contributed by atoms with Gasteiger partial charge in [-0.15, -0.1) is 0 Å². The quantitative estimate of drug-likeness (QED) is 0.867. The highest BCUT2D eigenvalue weighted by Crippen LogP contribution is 2.42. The van der Waals surface area contributed by atoms with Gasteiger partial charge < -0.3 is 5.32 Å². The number of anilines is 1. The molecule has 1 N–H and O–H groups in total. The average Bonchev–Trinajstić information content (AvgIpc) is 2.96. The molecule has 1 atom stereocenters. The van der Waals surface area contributed by atoms with Crippen LogP contribution in [0.1, 0.15) is 30.9 Å². The molecule has 0 fully saturated rings. The lowest BCUT2D eigenvalue weighted by Crippen LogP contribution is -2.31. The molecule has 22 heavy (non-hydrogen) atoms. The normalized spacial score (nSPS) is 20.5. The molecule has 0 spiro atoms. The number of hydrogen-bond donors (Lipinski definition) is 1. The molecule has 4 rings (SSSR count). The number of benzene rings is 1. The zero-order chi connectivity index (χ0) is 15.3. The average molecular weight is 336 g/mol. The van der Waals surface area contributed by atoms with E-state index in [0.29, 0.717) is 28.0 Å². The van der Waals surface area contributed by atoms with Crippen molar-refractivity contribution < 1.29 is 4.79 Å². The summed E-state index contributed by atoms with van der Waals surface area (Å²) < 4.78 is 1.58. The van der Waals surface area contributed by atoms with Crippen LogP contribution in [0, 0.1) is 0 Å². The van der Waals surface area contributed by atoms with E-state index in [1.807, 2.05) is 12.1 Å². The van der Waals surface area contributed by atoms with Crippen LogP contribution in [0.4, 0.5) is 5.95 Å². The Kier molecular flexibility index (Phi) is 3.16. The number of nitrogens with one attached hydrogen (secondary N) is 1. The number of fused-ring (bicyclic) bond motifs is 1. The van der Waals surface area contributed by atoms with Crippen LogP contribution in [0.2, 0.25) is 10.0 Å². The second kappa shape index (κ2) is 5.07. The van der Waals surface area contributed by atoms with Crippen LogP contribution >= 0.6 is 23.2 Å². The van der Waals surface area contributed by atoms with Crippen molar-refractivity contribution in [3.05, 3.63) is 45.1 Å². The van der Waals surface area contributed by atoms with E-state index in [2.05, 4.69) is 20.8 Å². The summed E-state index contributed by atoms with van der Waals surface area (Å²) in [4.78, 5) is 12.5. The van der Waals surface area contributed by atoms with E-state index in [4.69, 9.17) is 23.2 Å². The van der Waals surface area contributed by atoms with Gasteiger partial charge in [-0.1, -0.05) is 40.4 Å². The first kappa shape index (κ1) is 13.7. The summed E-state index contributed by atoms with van der Waals surface area (Å²) in [6, 6.07) is 4.93. The molecule has 112 valence electrons. The Balaban J connectivity index is 1.97. The molecule has 0 amide bonds. The van der Waals surface area contributed by atoms with Gasteiger partial charge in [0, 0.05) is 23.3 Å². The van der Waals surface area contributed by atoms with Crippen molar-refractivity contribution in [2.75, 3.05) is 5.32 Å². The van der Waals surface area contributed by atoms with E-state index in [1.165, 1.54) is 0 Å². The molecule has 2 aromatic rings. The van der Waals surface area contributed by atoms with Gasteiger partial charge >= 0.3 is 0 Å². The van der Waals surface area contributed by atoms with Crippen LogP contribution in [0.5, 0.6) is 0 Å². The summed E-state index contributed by atoms with van der Waals surface area (Å²) in [5.41, 5.74) is 2.28. The molecule has 1 aromatic carbocycles. The molecule has 2 heterocycles. The topological polar surface area (TPSA) is 72.7 Å². The van der Waals surface area contributed by atoms with Crippen molar-refractivity contribution in [1.82, 2.24) is 20.2 Å². The predicted molar refractivity (Wildman–Crippen MR) is 81.9 cm³/mol. The number of Topliss-reactive ketones (excluding diaryl/α,β-unsaturated/α-hetero) is 1. The first-order chi connectivity index (χ1) is 10.7. The number of carbonyl (C=O) groups excluding carboxylic acids is 1. The van der Waals surface area contributed by atoms with Gasteiger partial charge in [0.2, 0.25) is 5.95 Å². The number of allylic oxidation sites excluding steroid dienone is 2. The minimum atomic E-state index is -0.444. The molecule has 6 nitrogen and oxygen atoms in total. The van der Waals surface area contributed by atoms with E-state index >= 15 is 0 Å². The van der Waals surface area contributed by atoms with Crippen molar-refractivity contribution in [2.24, 2.45) is 0 Å². The standard InChI is InChI=1S/C14H11Cl2N5O/c15-8-4-1-3-7(12(8)16)13-11-9(5-2-6-10(11)22)17-14-18-19-20-21(13)14/h1,3-4,13H,2,5-6H2,(H,17,18,20). The summed E-state index contributed by atoms with van der Waals surface area (Å²) in [7, 11) is 0. The van der Waals surface area contributed by atoms with E-state index in [1.54, 1.807) is 10.7 Å². The molecule has 1 aliphatic heterocycles. The zero-order valence-electron chi connectivity index (χ0n) is 11.4. The van der Waals surface area contributed by atoms with Crippen LogP contribution < -0.4 is 5.32 Å². The number of ketones is 1. The Morgan fingerprint density at radius 2 is 2.14 bits per heavy atom. The second-order valence-corrected chi connectivity index (χ2v) is 6.07. The van der Waals surface area contributed by atoms with Crippen LogP contribution in [0.15, 0.2) is 29.5 Å². The Morgan fingerprint density at radius 3 is 3.00 bits per heavy atom. The number of tetrazole rings is 1. The van der Waals surface area contributed by atoms with Crippen molar-refractivity contribution in [1.29, 1.82) is 0 Å². The maximum absolute atomic E-state index is 12.5. The number of hydrogen-bond acceptors (Lipinski definition) is 5. The van der Waals surface area contributed by atoms with Gasteiger partial charge in [-0.05, 0) is 29.3 Å². The lowest BCUT2D eigenvalue weighted by atomic mass is 9.85. The van der Waals surface area contributed by atoms with Gasteiger partial charge in [-0.3, -0.25) is 4.79 Å². The zero-order valence-corrected chi connectivity index (χ0v) is 12.9. The fraction of sp³-hybridized carbons (Fsp3) is 0.286. The smallest absolute Gasteiger partial charge is 0.248 e. The fourth-order valence-corrected chi connectivity index (χ4v) is 3.45. The minimum Gasteiger partial charge on any atom is -0.326 e. The van der Waals surface area contributed by atoms with Crippen LogP contribution in [0.25, 0.3) is 0 Å². The lowest BCUT2D eigenvalue weighted by molar-refractivity contribution is -0.116. The summed E-state index contributed by atoms with van der Waals surface area (Å²) in [6.07, 6.45) is 2.14. The van der Waals surface area contributed by atoms with Gasteiger partial charge in [0.1, 0.15) is 6.04 Å². The lowest BCUT2D eigenvalue weighted by Gasteiger charge is -2.32. The van der Waals surface area contributed by atoms with Gasteiger partial charge in [-0.2, -0.15) is 4.68 Å². The highest BCUT2D eigenvalue weighted by atomic mass is 35.5. The van der Waals surface area contributed by atoms with Crippen LogP contribution in [0.3, 0.4) is 0 Å². The molecule has 0 bridgehead atoms. The predicted octanol–water partition coefficient (Wildman–Crippen LogP) is 3.00. The van der Waals surface area contributed by atoms with E-state index in [-0.39, 0.29) is 5.78 Å². The van der Waals surface area contributed by atoms with Crippen molar-refractivity contribution in [3.63, 3.8) is 0 Å². The third-order valence-corrected chi connectivity index (χ3v) is 4.84. The summed E-state index contributed by atoms with van der Waals surface area (Å²) in [5, 5.41) is 15.7. The molecule has 0 saturated heterocycles. The fourth-order valence-electron chi connectivity index (χ4n) is 3.04. The molecule has 1 aromatic heterocycles. The molecule has 0 saturated carbocycles. The van der Waals surface area contributed by atoms with Crippen molar-refractivity contribution in [2.45, 2.75) is 25.3 Å².